The maximum absolute atomic E-state index is 5.61. The van der Waals surface area contributed by atoms with Gasteiger partial charge in [0.05, 0.1) is 22.1 Å². The number of hydrogen-bond acceptors (Lipinski definition) is 1. The van der Waals surface area contributed by atoms with Crippen molar-refractivity contribution in [2.75, 3.05) is 0 Å². The first-order chi connectivity index (χ1) is 23.0. The number of imidazole rings is 1. The summed E-state index contributed by atoms with van der Waals surface area (Å²) in [5.74, 6) is 1.07. The molecule has 2 aromatic heterocycles. The number of benzene rings is 5. The molecule has 0 atom stereocenters. The van der Waals surface area contributed by atoms with Crippen LogP contribution in [-0.2, 0) is 16.2 Å². The lowest BCUT2D eigenvalue weighted by molar-refractivity contribution is 0.590. The fourth-order valence-corrected chi connectivity index (χ4v) is 8.70. The van der Waals surface area contributed by atoms with E-state index in [0.717, 1.165) is 11.3 Å². The molecule has 2 aliphatic heterocycles. The molecule has 3 nitrogen and oxygen atoms in total. The van der Waals surface area contributed by atoms with Crippen molar-refractivity contribution in [1.29, 1.82) is 0 Å². The summed E-state index contributed by atoms with van der Waals surface area (Å²) in [6, 6.07) is 30.7. The lowest BCUT2D eigenvalue weighted by Crippen LogP contribution is -2.55. The Labute approximate surface area is 291 Å². The summed E-state index contributed by atoms with van der Waals surface area (Å²) in [6.45, 7) is 25.4. The molecule has 7 aromatic rings. The van der Waals surface area contributed by atoms with Crippen LogP contribution in [0.1, 0.15) is 90.1 Å². The number of nitrogens with zero attached hydrogens (tertiary/aromatic N) is 3. The highest BCUT2D eigenvalue weighted by molar-refractivity contribution is 6.89. The summed E-state index contributed by atoms with van der Waals surface area (Å²) in [5, 5.41) is 2.68. The van der Waals surface area contributed by atoms with Crippen LogP contribution in [0.3, 0.4) is 0 Å². The Bertz CT molecular complexity index is 2550. The third-order valence-corrected chi connectivity index (χ3v) is 11.4. The van der Waals surface area contributed by atoms with Crippen molar-refractivity contribution < 1.29 is 0 Å². The zero-order valence-corrected chi connectivity index (χ0v) is 30.9. The maximum Gasteiger partial charge on any atom is 0.334 e. The van der Waals surface area contributed by atoms with Crippen molar-refractivity contribution in [3.8, 4) is 28.2 Å². The van der Waals surface area contributed by atoms with Gasteiger partial charge in [-0.3, -0.25) is 0 Å². The molecule has 0 fully saturated rings. The summed E-state index contributed by atoms with van der Waals surface area (Å²) in [7, 11) is 0. The molecule has 0 saturated heterocycles. The van der Waals surface area contributed by atoms with Crippen LogP contribution in [0.25, 0.3) is 61.0 Å². The minimum absolute atomic E-state index is 0.0121. The first-order valence-electron chi connectivity index (χ1n) is 17.9. The quantitative estimate of drug-likeness (QED) is 0.164. The van der Waals surface area contributed by atoms with Gasteiger partial charge in [-0.2, -0.15) is 0 Å². The molecule has 244 valence electrons. The summed E-state index contributed by atoms with van der Waals surface area (Å²) in [4.78, 5) is 5.61. The summed E-state index contributed by atoms with van der Waals surface area (Å²) < 4.78 is 5.21. The van der Waals surface area contributed by atoms with E-state index in [2.05, 4.69) is 164 Å². The van der Waals surface area contributed by atoms with Crippen LogP contribution in [0.2, 0.25) is 0 Å². The lowest BCUT2D eigenvalue weighted by atomic mass is 9.45. The second-order valence-electron chi connectivity index (χ2n) is 17.9. The molecule has 0 bridgehead atoms. The third-order valence-electron chi connectivity index (χ3n) is 11.4. The van der Waals surface area contributed by atoms with E-state index < -0.39 is 0 Å². The smallest absolute Gasteiger partial charge is 0.334 e. The predicted octanol–water partition coefficient (Wildman–Crippen LogP) is 10.3. The van der Waals surface area contributed by atoms with Crippen LogP contribution in [0.5, 0.6) is 0 Å². The van der Waals surface area contributed by atoms with Gasteiger partial charge in [0, 0.05) is 27.6 Å². The van der Waals surface area contributed by atoms with Crippen LogP contribution >= 0.6 is 0 Å². The second-order valence-corrected chi connectivity index (χ2v) is 17.9. The average molecular weight is 640 g/mol. The van der Waals surface area contributed by atoms with Crippen molar-refractivity contribution in [2.24, 2.45) is 0 Å². The second kappa shape index (κ2) is 9.56. The molecule has 0 unspecified atom stereocenters. The fourth-order valence-electron chi connectivity index (χ4n) is 8.70. The molecule has 5 aromatic carbocycles. The minimum atomic E-state index is -0.0194. The monoisotopic (exact) mass is 639 g/mol. The van der Waals surface area contributed by atoms with Crippen LogP contribution < -0.4 is 10.9 Å². The van der Waals surface area contributed by atoms with Crippen LogP contribution in [-0.4, -0.2) is 20.9 Å². The molecule has 4 heterocycles. The van der Waals surface area contributed by atoms with Gasteiger partial charge in [0.2, 0.25) is 0 Å². The summed E-state index contributed by atoms with van der Waals surface area (Å²) in [6.07, 6.45) is 0. The van der Waals surface area contributed by atoms with E-state index in [9.17, 15) is 0 Å². The molecule has 0 amide bonds. The van der Waals surface area contributed by atoms with Crippen molar-refractivity contribution >= 4 is 50.6 Å². The largest absolute Gasteiger partial charge is 0.359 e. The molecule has 0 radical (unpaired) electrons. The molecule has 0 N–H and O–H groups in total. The Hall–Kier alpha value is -4.57. The zero-order chi connectivity index (χ0) is 34.5. The van der Waals surface area contributed by atoms with E-state index in [4.69, 9.17) is 4.98 Å². The van der Waals surface area contributed by atoms with E-state index in [1.165, 1.54) is 88.4 Å². The zero-order valence-electron chi connectivity index (χ0n) is 30.9. The van der Waals surface area contributed by atoms with Gasteiger partial charge in [-0.25, -0.2) is 4.98 Å². The third kappa shape index (κ3) is 4.13. The topological polar surface area (TPSA) is 22.8 Å². The van der Waals surface area contributed by atoms with Gasteiger partial charge in [0.1, 0.15) is 5.82 Å². The molecule has 0 spiro atoms. The number of aryl methyl sites for hydroxylation is 2. The van der Waals surface area contributed by atoms with Crippen LogP contribution in [0, 0.1) is 13.8 Å². The standard InChI is InChI=1S/C45H46BN3/c1-25-14-12-15-26(2)38(25)42-47-35-24-29(45(9,10)11)22-32-30-16-13-17-37-39(30)46(49(42)41(32)35)34-23-28(44(6,7)8)21-33-31-20-27(43(3,4)5)18-19-36(31)48(37)40(33)34/h12-24H,1-11H3. The number of hydrogen-bond donors (Lipinski definition) is 0. The lowest BCUT2D eigenvalue weighted by Gasteiger charge is -2.35. The van der Waals surface area contributed by atoms with E-state index in [1.807, 2.05) is 0 Å². The van der Waals surface area contributed by atoms with Gasteiger partial charge in [-0.15, -0.1) is 0 Å². The van der Waals surface area contributed by atoms with Crippen molar-refractivity contribution in [3.63, 3.8) is 0 Å². The Morgan fingerprint density at radius 2 is 1.22 bits per heavy atom. The molecule has 2 aliphatic rings. The number of rotatable bonds is 1. The molecule has 0 aliphatic carbocycles. The van der Waals surface area contributed by atoms with E-state index in [0.29, 0.717) is 0 Å². The Morgan fingerprint density at radius 1 is 0.592 bits per heavy atom. The van der Waals surface area contributed by atoms with E-state index in [1.54, 1.807) is 0 Å². The van der Waals surface area contributed by atoms with Crippen LogP contribution in [0.15, 0.2) is 78.9 Å². The molecule has 9 rings (SSSR count). The maximum atomic E-state index is 5.61. The normalized spacial score (nSPS) is 14.0. The highest BCUT2D eigenvalue weighted by Gasteiger charge is 2.43. The Balaban J connectivity index is 1.51. The summed E-state index contributed by atoms with van der Waals surface area (Å²) >= 11 is 0. The minimum Gasteiger partial charge on any atom is -0.359 e. The van der Waals surface area contributed by atoms with Crippen molar-refractivity contribution in [1.82, 2.24) is 14.0 Å². The van der Waals surface area contributed by atoms with Gasteiger partial charge in [-0.05, 0) is 111 Å². The SMILES string of the molecule is Cc1cccc(C)c1-c1nc2cc(C(C)(C)C)cc3c2n1B1c2c-3cccc2-n2c3ccc(C(C)(C)C)cc3c3cc(C(C)(C)C)cc1c32. The number of aromatic nitrogens is 3. The van der Waals surface area contributed by atoms with E-state index in [-0.39, 0.29) is 23.1 Å². The van der Waals surface area contributed by atoms with Crippen molar-refractivity contribution in [3.05, 3.63) is 107 Å². The molecular formula is C45H46BN3. The molecular weight excluding hydrogens is 593 g/mol. The molecule has 49 heavy (non-hydrogen) atoms. The van der Waals surface area contributed by atoms with Crippen molar-refractivity contribution in [2.45, 2.75) is 92.4 Å². The van der Waals surface area contributed by atoms with Gasteiger partial charge in [-0.1, -0.05) is 105 Å². The first-order valence-corrected chi connectivity index (χ1v) is 17.9. The Kier molecular flexibility index (Phi) is 5.95. The van der Waals surface area contributed by atoms with E-state index >= 15 is 0 Å². The Morgan fingerprint density at radius 3 is 1.90 bits per heavy atom. The van der Waals surface area contributed by atoms with Gasteiger partial charge < -0.3 is 9.05 Å². The van der Waals surface area contributed by atoms with Gasteiger partial charge >= 0.3 is 6.85 Å². The molecule has 4 heteroatoms. The van der Waals surface area contributed by atoms with Crippen LogP contribution in [0.4, 0.5) is 0 Å². The van der Waals surface area contributed by atoms with Gasteiger partial charge in [0.25, 0.3) is 0 Å². The summed E-state index contributed by atoms with van der Waals surface area (Å²) in [5.41, 5.74) is 19.4. The highest BCUT2D eigenvalue weighted by Crippen LogP contribution is 2.45. The fraction of sp³-hybridized carbons (Fsp3) is 0.311. The number of fused-ring (bicyclic) bond motifs is 7. The predicted molar refractivity (Wildman–Crippen MR) is 211 cm³/mol. The molecule has 0 saturated carbocycles. The van der Waals surface area contributed by atoms with Gasteiger partial charge in [0.15, 0.2) is 0 Å². The first kappa shape index (κ1) is 30.5. The average Bonchev–Trinajstić information content (AvgIpc) is 3.56. The highest BCUT2D eigenvalue weighted by atomic mass is 15.1.